The zero-order valence-electron chi connectivity index (χ0n) is 8.73. The average molecular weight is 200 g/mol. The van der Waals surface area contributed by atoms with Crippen molar-refractivity contribution >= 4 is 0 Å². The summed E-state index contributed by atoms with van der Waals surface area (Å²) in [6, 6.07) is 0. The highest BCUT2D eigenvalue weighted by atomic mass is 16.7. The highest BCUT2D eigenvalue weighted by Gasteiger charge is 2.04. The Balaban J connectivity index is 2.21. The molecule has 0 saturated heterocycles. The van der Waals surface area contributed by atoms with E-state index in [4.69, 9.17) is 9.47 Å². The van der Waals surface area contributed by atoms with Gasteiger partial charge in [-0.2, -0.15) is 5.10 Å². The second-order valence-electron chi connectivity index (χ2n) is 2.87. The summed E-state index contributed by atoms with van der Waals surface area (Å²) < 4.78 is 11.7. The second kappa shape index (κ2) is 5.69. The lowest BCUT2D eigenvalue weighted by Gasteiger charge is -2.12. The third-order valence-electron chi connectivity index (χ3n) is 1.77. The minimum Gasteiger partial charge on any atom is -0.355 e. The lowest BCUT2D eigenvalue weighted by Crippen LogP contribution is -2.29. The molecular weight excluding hydrogens is 184 g/mol. The number of hydrogen-bond donors (Lipinski definition) is 1. The molecule has 0 aliphatic rings. The third-order valence-corrected chi connectivity index (χ3v) is 1.77. The quantitative estimate of drug-likeness (QED) is 0.629. The van der Waals surface area contributed by atoms with Crippen molar-refractivity contribution in [1.29, 1.82) is 0 Å². The van der Waals surface area contributed by atoms with Crippen molar-refractivity contribution in [2.75, 3.05) is 20.8 Å². The molecule has 1 rings (SSSR count). The van der Waals surface area contributed by atoms with E-state index in [0.717, 1.165) is 5.82 Å². The van der Waals surface area contributed by atoms with Gasteiger partial charge < -0.3 is 14.8 Å². The molecule has 0 saturated carbocycles. The smallest absolute Gasteiger partial charge is 0.169 e. The Hall–Kier alpha value is -0.980. The first-order chi connectivity index (χ1) is 6.76. The van der Waals surface area contributed by atoms with Crippen molar-refractivity contribution in [2.45, 2.75) is 12.8 Å². The van der Waals surface area contributed by atoms with Gasteiger partial charge in [-0.1, -0.05) is 0 Å². The van der Waals surface area contributed by atoms with Crippen molar-refractivity contribution < 1.29 is 9.47 Å². The van der Waals surface area contributed by atoms with E-state index in [-0.39, 0.29) is 6.29 Å². The van der Waals surface area contributed by atoms with Crippen LogP contribution >= 0.6 is 0 Å². The maximum atomic E-state index is 5.01. The van der Waals surface area contributed by atoms with Gasteiger partial charge in [0.25, 0.3) is 0 Å². The van der Waals surface area contributed by atoms with Gasteiger partial charge in [0.15, 0.2) is 12.1 Å². The number of aromatic nitrogens is 3. The molecule has 0 atom stereocenters. The lowest BCUT2D eigenvalue weighted by molar-refractivity contribution is -0.0989. The highest BCUT2D eigenvalue weighted by Crippen LogP contribution is 1.90. The van der Waals surface area contributed by atoms with Gasteiger partial charge >= 0.3 is 0 Å². The minimum atomic E-state index is -0.223. The molecule has 14 heavy (non-hydrogen) atoms. The van der Waals surface area contributed by atoms with Crippen LogP contribution in [0.4, 0.5) is 0 Å². The molecular formula is C8H16N4O2. The van der Waals surface area contributed by atoms with Gasteiger partial charge in [-0.05, 0) is 0 Å². The molecule has 0 bridgehead atoms. The van der Waals surface area contributed by atoms with E-state index in [2.05, 4.69) is 15.4 Å². The number of hydrogen-bond acceptors (Lipinski definition) is 5. The van der Waals surface area contributed by atoms with E-state index in [1.54, 1.807) is 25.2 Å². The molecule has 1 heterocycles. The van der Waals surface area contributed by atoms with E-state index >= 15 is 0 Å². The predicted molar refractivity (Wildman–Crippen MR) is 50.5 cm³/mol. The number of aryl methyl sites for hydroxylation is 1. The number of nitrogens with one attached hydrogen (secondary N) is 1. The van der Waals surface area contributed by atoms with Gasteiger partial charge in [-0.15, -0.1) is 0 Å². The van der Waals surface area contributed by atoms with Crippen LogP contribution in [-0.2, 0) is 23.1 Å². The molecule has 0 fully saturated rings. The molecule has 6 heteroatoms. The van der Waals surface area contributed by atoms with Crippen molar-refractivity contribution in [3.63, 3.8) is 0 Å². The molecule has 0 aliphatic carbocycles. The largest absolute Gasteiger partial charge is 0.355 e. The summed E-state index contributed by atoms with van der Waals surface area (Å²) in [4.78, 5) is 4.07. The molecule has 0 aromatic carbocycles. The number of methoxy groups -OCH3 is 2. The zero-order chi connectivity index (χ0) is 10.4. The fraction of sp³-hybridized carbons (Fsp3) is 0.750. The maximum Gasteiger partial charge on any atom is 0.169 e. The third kappa shape index (κ3) is 3.41. The molecule has 6 nitrogen and oxygen atoms in total. The Morgan fingerprint density at radius 1 is 1.50 bits per heavy atom. The SMILES string of the molecule is COC(CNCc1ncn(C)n1)OC. The van der Waals surface area contributed by atoms with Gasteiger partial charge in [0.2, 0.25) is 0 Å². The second-order valence-corrected chi connectivity index (χ2v) is 2.87. The summed E-state index contributed by atoms with van der Waals surface area (Å²) in [5, 5.41) is 7.25. The summed E-state index contributed by atoms with van der Waals surface area (Å²) in [5.74, 6) is 0.762. The summed E-state index contributed by atoms with van der Waals surface area (Å²) in [6.45, 7) is 1.23. The molecule has 1 N–H and O–H groups in total. The van der Waals surface area contributed by atoms with Gasteiger partial charge in [0.05, 0.1) is 6.54 Å². The van der Waals surface area contributed by atoms with Crippen LogP contribution in [0.15, 0.2) is 6.33 Å². The first-order valence-corrected chi connectivity index (χ1v) is 4.37. The van der Waals surface area contributed by atoms with Gasteiger partial charge in [-0.3, -0.25) is 4.68 Å². The van der Waals surface area contributed by atoms with E-state index in [1.165, 1.54) is 0 Å². The van der Waals surface area contributed by atoms with E-state index in [9.17, 15) is 0 Å². The Kier molecular flexibility index (Phi) is 4.51. The zero-order valence-corrected chi connectivity index (χ0v) is 8.73. The predicted octanol–water partition coefficient (Wildman–Crippen LogP) is -0.476. The first-order valence-electron chi connectivity index (χ1n) is 4.37. The Morgan fingerprint density at radius 3 is 2.71 bits per heavy atom. The number of nitrogens with zero attached hydrogens (tertiary/aromatic N) is 3. The lowest BCUT2D eigenvalue weighted by atomic mass is 10.5. The Morgan fingerprint density at radius 2 is 2.21 bits per heavy atom. The number of ether oxygens (including phenoxy) is 2. The minimum absolute atomic E-state index is 0.223. The van der Waals surface area contributed by atoms with Crippen LogP contribution in [0.1, 0.15) is 5.82 Å². The van der Waals surface area contributed by atoms with Crippen molar-refractivity contribution in [2.24, 2.45) is 7.05 Å². The first kappa shape index (κ1) is 11.1. The monoisotopic (exact) mass is 200 g/mol. The molecule has 0 amide bonds. The van der Waals surface area contributed by atoms with Gasteiger partial charge in [0, 0.05) is 27.8 Å². The molecule has 0 radical (unpaired) electrons. The summed E-state index contributed by atoms with van der Waals surface area (Å²) in [6.07, 6.45) is 1.44. The Bertz CT molecular complexity index is 260. The van der Waals surface area contributed by atoms with Crippen molar-refractivity contribution in [3.05, 3.63) is 12.2 Å². The molecule has 1 aromatic heterocycles. The molecule has 0 spiro atoms. The van der Waals surface area contributed by atoms with Crippen molar-refractivity contribution in [1.82, 2.24) is 20.1 Å². The average Bonchev–Trinajstić information content (AvgIpc) is 2.59. The fourth-order valence-corrected chi connectivity index (χ4v) is 1.03. The maximum absolute atomic E-state index is 5.01. The summed E-state index contributed by atoms with van der Waals surface area (Å²) >= 11 is 0. The van der Waals surface area contributed by atoms with Gasteiger partial charge in [-0.25, -0.2) is 4.98 Å². The normalized spacial score (nSPS) is 11.1. The topological polar surface area (TPSA) is 61.2 Å². The van der Waals surface area contributed by atoms with Crippen LogP contribution in [0.2, 0.25) is 0 Å². The summed E-state index contributed by atoms with van der Waals surface area (Å²) in [5.41, 5.74) is 0. The van der Waals surface area contributed by atoms with Crippen LogP contribution in [0.5, 0.6) is 0 Å². The van der Waals surface area contributed by atoms with Gasteiger partial charge in [0.1, 0.15) is 6.33 Å². The Labute approximate surface area is 83.2 Å². The molecule has 0 aliphatic heterocycles. The van der Waals surface area contributed by atoms with Crippen LogP contribution in [-0.4, -0.2) is 41.8 Å². The molecule has 1 aromatic rings. The van der Waals surface area contributed by atoms with E-state index < -0.39 is 0 Å². The molecule has 0 unspecified atom stereocenters. The van der Waals surface area contributed by atoms with Crippen LogP contribution in [0.3, 0.4) is 0 Å². The van der Waals surface area contributed by atoms with Crippen LogP contribution < -0.4 is 5.32 Å². The highest BCUT2D eigenvalue weighted by molar-refractivity contribution is 4.79. The van der Waals surface area contributed by atoms with E-state index in [1.807, 2.05) is 7.05 Å². The van der Waals surface area contributed by atoms with Crippen molar-refractivity contribution in [3.8, 4) is 0 Å². The summed E-state index contributed by atoms with van der Waals surface area (Å²) in [7, 11) is 5.05. The number of rotatable bonds is 6. The fourth-order valence-electron chi connectivity index (χ4n) is 1.03. The van der Waals surface area contributed by atoms with Crippen LogP contribution in [0.25, 0.3) is 0 Å². The van der Waals surface area contributed by atoms with E-state index in [0.29, 0.717) is 13.1 Å². The standard InChI is InChI=1S/C8H16N4O2/c1-12-6-10-7(11-12)4-9-5-8(13-2)14-3/h6,8-9H,4-5H2,1-3H3. The van der Waals surface area contributed by atoms with Crippen LogP contribution in [0, 0.1) is 0 Å². The molecule has 80 valence electrons.